The van der Waals surface area contributed by atoms with Crippen molar-refractivity contribution in [3.05, 3.63) is 71.0 Å². The Bertz CT molecular complexity index is 1450. The first-order valence-electron chi connectivity index (χ1n) is 13.0. The van der Waals surface area contributed by atoms with Crippen molar-refractivity contribution in [2.45, 2.75) is 50.2 Å². The molecule has 2 aromatic carbocycles. The van der Waals surface area contributed by atoms with E-state index in [1.54, 1.807) is 4.90 Å². The lowest BCUT2D eigenvalue weighted by Crippen LogP contribution is -2.52. The lowest BCUT2D eigenvalue weighted by Gasteiger charge is -2.38. The number of ether oxygens (including phenoxy) is 1. The van der Waals surface area contributed by atoms with Gasteiger partial charge in [0.15, 0.2) is 0 Å². The van der Waals surface area contributed by atoms with Crippen molar-refractivity contribution >= 4 is 28.5 Å². The second-order valence-electron chi connectivity index (χ2n) is 10.8. The SMILES string of the molecule is O=C1CCC(N2Cc3cc4c(cc3C2=O)OCC42CCN(Cc3cccc4ccncc34)CC2)C(=O)N1. The number of carbonyl (C=O) groups is 3. The summed E-state index contributed by atoms with van der Waals surface area (Å²) in [6.45, 7) is 3.87. The summed E-state index contributed by atoms with van der Waals surface area (Å²) in [7, 11) is 0. The molecule has 8 nitrogen and oxygen atoms in total. The summed E-state index contributed by atoms with van der Waals surface area (Å²) in [5.41, 5.74) is 4.01. The number of aromatic nitrogens is 1. The van der Waals surface area contributed by atoms with Crippen LogP contribution in [0.5, 0.6) is 5.75 Å². The molecular weight excluding hydrogens is 468 g/mol. The van der Waals surface area contributed by atoms with E-state index >= 15 is 0 Å². The van der Waals surface area contributed by atoms with Gasteiger partial charge in [-0.1, -0.05) is 18.2 Å². The molecule has 2 fully saturated rings. The minimum absolute atomic E-state index is 0.0493. The molecule has 4 aliphatic heterocycles. The van der Waals surface area contributed by atoms with Crippen LogP contribution in [0.4, 0.5) is 0 Å². The van der Waals surface area contributed by atoms with Crippen LogP contribution in [0.25, 0.3) is 10.8 Å². The quantitative estimate of drug-likeness (QED) is 0.561. The highest BCUT2D eigenvalue weighted by molar-refractivity contribution is 6.05. The van der Waals surface area contributed by atoms with Crippen molar-refractivity contribution in [3.8, 4) is 5.75 Å². The first-order valence-corrected chi connectivity index (χ1v) is 13.0. The van der Waals surface area contributed by atoms with Gasteiger partial charge in [-0.05, 0) is 67.1 Å². The van der Waals surface area contributed by atoms with Gasteiger partial charge in [-0.3, -0.25) is 29.6 Å². The third kappa shape index (κ3) is 3.62. The van der Waals surface area contributed by atoms with Crippen LogP contribution in [0.15, 0.2) is 48.8 Å². The highest BCUT2D eigenvalue weighted by atomic mass is 16.5. The number of amides is 3. The van der Waals surface area contributed by atoms with E-state index in [-0.39, 0.29) is 29.6 Å². The van der Waals surface area contributed by atoms with Gasteiger partial charge < -0.3 is 9.64 Å². The van der Waals surface area contributed by atoms with E-state index in [9.17, 15) is 14.4 Å². The lowest BCUT2D eigenvalue weighted by atomic mass is 9.73. The van der Waals surface area contributed by atoms with Crippen LogP contribution in [0.3, 0.4) is 0 Å². The molecule has 7 rings (SSSR count). The van der Waals surface area contributed by atoms with Gasteiger partial charge in [0.1, 0.15) is 11.8 Å². The average Bonchev–Trinajstić information content (AvgIpc) is 3.41. The number of hydrogen-bond donors (Lipinski definition) is 1. The molecule has 1 spiro atoms. The fraction of sp³-hybridized carbons (Fsp3) is 0.379. The van der Waals surface area contributed by atoms with Crippen LogP contribution >= 0.6 is 0 Å². The number of pyridine rings is 1. The molecule has 1 unspecified atom stereocenters. The normalized spacial score (nSPS) is 22.8. The number of benzene rings is 2. The number of likely N-dealkylation sites (tertiary alicyclic amines) is 1. The molecule has 0 aliphatic carbocycles. The van der Waals surface area contributed by atoms with Gasteiger partial charge in [-0.2, -0.15) is 0 Å². The molecule has 188 valence electrons. The second kappa shape index (κ2) is 8.38. The minimum atomic E-state index is -0.602. The van der Waals surface area contributed by atoms with Crippen LogP contribution < -0.4 is 10.1 Å². The monoisotopic (exact) mass is 496 g/mol. The molecule has 1 aromatic heterocycles. The van der Waals surface area contributed by atoms with Crippen molar-refractivity contribution in [1.82, 2.24) is 20.1 Å². The fourth-order valence-corrected chi connectivity index (χ4v) is 6.53. The number of fused-ring (bicyclic) bond motifs is 4. The topological polar surface area (TPSA) is 91.8 Å². The Balaban J connectivity index is 1.09. The van der Waals surface area contributed by atoms with Crippen LogP contribution in [-0.4, -0.2) is 58.2 Å². The predicted molar refractivity (Wildman–Crippen MR) is 136 cm³/mol. The zero-order valence-electron chi connectivity index (χ0n) is 20.5. The van der Waals surface area contributed by atoms with Crippen LogP contribution in [0, 0.1) is 0 Å². The Morgan fingerprint density at radius 1 is 1.11 bits per heavy atom. The fourth-order valence-electron chi connectivity index (χ4n) is 6.53. The van der Waals surface area contributed by atoms with Crippen LogP contribution in [0.2, 0.25) is 0 Å². The Morgan fingerprint density at radius 3 is 2.81 bits per heavy atom. The highest BCUT2D eigenvalue weighted by Crippen LogP contribution is 2.48. The minimum Gasteiger partial charge on any atom is -0.492 e. The molecule has 0 saturated carbocycles. The first-order chi connectivity index (χ1) is 18.0. The van der Waals surface area contributed by atoms with E-state index in [1.807, 2.05) is 18.5 Å². The van der Waals surface area contributed by atoms with Crippen molar-refractivity contribution < 1.29 is 19.1 Å². The lowest BCUT2D eigenvalue weighted by molar-refractivity contribution is -0.136. The highest BCUT2D eigenvalue weighted by Gasteiger charge is 2.46. The van der Waals surface area contributed by atoms with Gasteiger partial charge in [-0.15, -0.1) is 0 Å². The molecule has 3 amide bonds. The Morgan fingerprint density at radius 2 is 1.97 bits per heavy atom. The average molecular weight is 497 g/mol. The van der Waals surface area contributed by atoms with E-state index in [4.69, 9.17) is 4.74 Å². The number of imide groups is 1. The largest absolute Gasteiger partial charge is 0.492 e. The van der Waals surface area contributed by atoms with E-state index in [0.717, 1.165) is 43.8 Å². The molecule has 37 heavy (non-hydrogen) atoms. The molecular formula is C29H28N4O4. The van der Waals surface area contributed by atoms with E-state index < -0.39 is 6.04 Å². The van der Waals surface area contributed by atoms with E-state index in [2.05, 4.69) is 45.5 Å². The number of rotatable bonds is 3. The van der Waals surface area contributed by atoms with Gasteiger partial charge in [0, 0.05) is 53.8 Å². The predicted octanol–water partition coefficient (Wildman–Crippen LogP) is 2.92. The van der Waals surface area contributed by atoms with Gasteiger partial charge in [0.05, 0.1) is 6.61 Å². The van der Waals surface area contributed by atoms with Gasteiger partial charge in [0.2, 0.25) is 11.8 Å². The summed E-state index contributed by atoms with van der Waals surface area (Å²) in [5.74, 6) is -0.0164. The molecule has 3 aromatic rings. The molecule has 4 aliphatic rings. The third-order valence-corrected chi connectivity index (χ3v) is 8.68. The van der Waals surface area contributed by atoms with Crippen LogP contribution in [0.1, 0.15) is 52.7 Å². The number of nitrogens with zero attached hydrogens (tertiary/aromatic N) is 3. The number of nitrogens with one attached hydrogen (secondary N) is 1. The van der Waals surface area contributed by atoms with Crippen molar-refractivity contribution in [2.24, 2.45) is 0 Å². The molecule has 5 heterocycles. The van der Waals surface area contributed by atoms with Crippen molar-refractivity contribution in [3.63, 3.8) is 0 Å². The summed E-state index contributed by atoms with van der Waals surface area (Å²) >= 11 is 0. The molecule has 8 heteroatoms. The number of carbonyl (C=O) groups excluding carboxylic acids is 3. The number of piperidine rings is 2. The van der Waals surface area contributed by atoms with Gasteiger partial charge in [-0.25, -0.2) is 0 Å². The Hall–Kier alpha value is -3.78. The summed E-state index contributed by atoms with van der Waals surface area (Å²) in [5, 5.41) is 4.80. The second-order valence-corrected chi connectivity index (χ2v) is 10.8. The summed E-state index contributed by atoms with van der Waals surface area (Å²) in [6.07, 6.45) is 6.40. The van der Waals surface area contributed by atoms with E-state index in [0.29, 0.717) is 25.1 Å². The molecule has 0 radical (unpaired) electrons. The maximum atomic E-state index is 13.2. The standard InChI is InChI=1S/C29H28N4O4/c34-26-5-4-24(27(35)31-26)33-16-20-12-23-25(13-21(20)28(33)36)37-17-29(23)7-10-32(11-8-29)15-19-3-1-2-18-6-9-30-14-22(18)19/h1-3,6,9,12-14,24H,4-5,7-8,10-11,15-17H2,(H,31,34,35). The third-order valence-electron chi connectivity index (χ3n) is 8.68. The van der Waals surface area contributed by atoms with E-state index in [1.165, 1.54) is 21.9 Å². The number of hydrogen-bond acceptors (Lipinski definition) is 6. The summed E-state index contributed by atoms with van der Waals surface area (Å²) in [4.78, 5) is 45.6. The molecule has 2 saturated heterocycles. The van der Waals surface area contributed by atoms with Gasteiger partial charge in [0.25, 0.3) is 5.91 Å². The van der Waals surface area contributed by atoms with Gasteiger partial charge >= 0.3 is 0 Å². The molecule has 1 atom stereocenters. The van der Waals surface area contributed by atoms with Crippen molar-refractivity contribution in [2.75, 3.05) is 19.7 Å². The zero-order chi connectivity index (χ0) is 25.1. The summed E-state index contributed by atoms with van der Waals surface area (Å²) in [6, 6.07) is 11.9. The Labute approximate surface area is 214 Å². The smallest absolute Gasteiger partial charge is 0.255 e. The first kappa shape index (κ1) is 22.4. The van der Waals surface area contributed by atoms with Crippen molar-refractivity contribution in [1.29, 1.82) is 0 Å². The maximum absolute atomic E-state index is 13.2. The maximum Gasteiger partial charge on any atom is 0.255 e. The summed E-state index contributed by atoms with van der Waals surface area (Å²) < 4.78 is 6.17. The molecule has 1 N–H and O–H groups in total. The Kier molecular flexibility index (Phi) is 5.08. The molecule has 0 bridgehead atoms. The zero-order valence-corrected chi connectivity index (χ0v) is 20.5. The van der Waals surface area contributed by atoms with Crippen LogP contribution in [-0.2, 0) is 28.1 Å².